The highest BCUT2D eigenvalue weighted by Crippen LogP contribution is 2.51. The van der Waals surface area contributed by atoms with E-state index in [4.69, 9.17) is 0 Å². The molecule has 57 valence electrons. The molecular formula is C8H20P. The van der Waals surface area contributed by atoms with Crippen molar-refractivity contribution in [2.75, 3.05) is 25.7 Å². The molecule has 0 aliphatic rings. The zero-order chi connectivity index (χ0) is 7.33. The van der Waals surface area contributed by atoms with Crippen LogP contribution in [0.25, 0.3) is 0 Å². The van der Waals surface area contributed by atoms with Crippen LogP contribution in [0.2, 0.25) is 0 Å². The third-order valence-corrected chi connectivity index (χ3v) is 4.97. The molecule has 0 aliphatic heterocycles. The fraction of sp³-hybridized carbons (Fsp3) is 1.00. The van der Waals surface area contributed by atoms with Gasteiger partial charge in [0, 0.05) is 0 Å². The molecule has 0 saturated carbocycles. The first-order valence-electron chi connectivity index (χ1n) is 3.94. The fourth-order valence-corrected chi connectivity index (χ4v) is 3.97. The Bertz CT molecular complexity index is 59.0. The first kappa shape index (κ1) is 9.43. The van der Waals surface area contributed by atoms with E-state index in [0.717, 1.165) is 0 Å². The molecule has 0 spiro atoms. The van der Waals surface area contributed by atoms with Crippen LogP contribution < -0.4 is 0 Å². The van der Waals surface area contributed by atoms with Crippen LogP contribution >= 0.6 is 7.26 Å². The Morgan fingerprint density at radius 1 is 0.889 bits per heavy atom. The average Bonchev–Trinajstić information content (AvgIpc) is 1.64. The summed E-state index contributed by atoms with van der Waals surface area (Å²) in [6.07, 6.45) is 5.73. The highest BCUT2D eigenvalue weighted by Gasteiger charge is 2.10. The Kier molecular flexibility index (Phi) is 4.48. The maximum Gasteiger partial charge on any atom is -0.0367 e. The van der Waals surface area contributed by atoms with Crippen molar-refractivity contribution in [3.05, 3.63) is 0 Å². The summed E-state index contributed by atoms with van der Waals surface area (Å²) >= 11 is 0. The van der Waals surface area contributed by atoms with E-state index < -0.39 is 7.26 Å². The van der Waals surface area contributed by atoms with Crippen molar-refractivity contribution in [2.24, 2.45) is 0 Å². The summed E-state index contributed by atoms with van der Waals surface area (Å²) in [5.41, 5.74) is 0. The van der Waals surface area contributed by atoms with Gasteiger partial charge in [0.05, 0.1) is 0 Å². The average molecular weight is 147 g/mol. The van der Waals surface area contributed by atoms with Gasteiger partial charge in [-0.1, -0.05) is 26.7 Å². The molecule has 0 unspecified atom stereocenters. The van der Waals surface area contributed by atoms with Gasteiger partial charge in [0.1, 0.15) is 0 Å². The Morgan fingerprint density at radius 3 is 1.44 bits per heavy atom. The molecule has 1 heteroatoms. The maximum atomic E-state index is 2.47. The van der Waals surface area contributed by atoms with Crippen molar-refractivity contribution in [2.45, 2.75) is 26.7 Å². The van der Waals surface area contributed by atoms with Crippen molar-refractivity contribution >= 4 is 7.26 Å². The van der Waals surface area contributed by atoms with Gasteiger partial charge in [-0.2, -0.15) is 0 Å². The Balaban J connectivity index is 3.43. The fourth-order valence-electron chi connectivity index (χ4n) is 1.32. The molecule has 0 N–H and O–H groups in total. The van der Waals surface area contributed by atoms with Gasteiger partial charge in [0.25, 0.3) is 0 Å². The maximum absolute atomic E-state index is 2.47. The third kappa shape index (κ3) is 4.90. The van der Waals surface area contributed by atoms with Gasteiger partial charge in [0.15, 0.2) is 0 Å². The van der Waals surface area contributed by atoms with E-state index in [1.165, 1.54) is 25.2 Å². The van der Waals surface area contributed by atoms with Crippen LogP contribution in [0.1, 0.15) is 26.7 Å². The second-order valence-electron chi connectivity index (χ2n) is 3.38. The molecule has 0 rings (SSSR count). The third-order valence-electron chi connectivity index (χ3n) is 1.66. The monoisotopic (exact) mass is 147 g/mol. The van der Waals surface area contributed by atoms with Crippen LogP contribution in [-0.4, -0.2) is 25.7 Å². The van der Waals surface area contributed by atoms with Gasteiger partial charge < -0.3 is 0 Å². The molecule has 0 nitrogen and oxygen atoms in total. The Hall–Kier alpha value is 0.430. The minimum Gasteiger partial charge on any atom is -0.131 e. The first-order valence-corrected chi connectivity index (χ1v) is 6.99. The molecule has 9 heavy (non-hydrogen) atoms. The summed E-state index contributed by atoms with van der Waals surface area (Å²) in [5, 5.41) is 0. The summed E-state index contributed by atoms with van der Waals surface area (Å²) in [6.45, 7) is 9.52. The van der Waals surface area contributed by atoms with E-state index in [2.05, 4.69) is 27.2 Å². The lowest BCUT2D eigenvalue weighted by Gasteiger charge is -2.25. The second-order valence-corrected chi connectivity index (χ2v) is 8.15. The lowest BCUT2D eigenvalue weighted by molar-refractivity contribution is 1.04. The van der Waals surface area contributed by atoms with Crippen molar-refractivity contribution in [1.82, 2.24) is 0 Å². The lowest BCUT2D eigenvalue weighted by atomic mass is 10.6. The van der Waals surface area contributed by atoms with Crippen LogP contribution in [0, 0.1) is 0 Å². The van der Waals surface area contributed by atoms with E-state index >= 15 is 0 Å². The molecule has 0 aromatic rings. The van der Waals surface area contributed by atoms with Crippen molar-refractivity contribution in [3.63, 3.8) is 0 Å². The SMILES string of the molecule is CCC[P](C)(C)CCC. The summed E-state index contributed by atoms with van der Waals surface area (Å²) in [5.74, 6) is 0. The van der Waals surface area contributed by atoms with Gasteiger partial charge in [-0.25, -0.2) is 0 Å². The van der Waals surface area contributed by atoms with Crippen LogP contribution in [0.5, 0.6) is 0 Å². The Morgan fingerprint density at radius 2 is 1.22 bits per heavy atom. The van der Waals surface area contributed by atoms with E-state index in [9.17, 15) is 0 Å². The van der Waals surface area contributed by atoms with Crippen LogP contribution in [0.4, 0.5) is 0 Å². The van der Waals surface area contributed by atoms with Gasteiger partial charge in [0.2, 0.25) is 0 Å². The minimum absolute atomic E-state index is 0.443. The molecule has 0 aromatic carbocycles. The number of hydrogen-bond donors (Lipinski definition) is 0. The molecule has 0 amide bonds. The predicted molar refractivity (Wildman–Crippen MR) is 49.1 cm³/mol. The van der Waals surface area contributed by atoms with Gasteiger partial charge in [-0.3, -0.25) is 0 Å². The normalized spacial score (nSPS) is 12.0. The quantitative estimate of drug-likeness (QED) is 0.536. The van der Waals surface area contributed by atoms with E-state index in [1.54, 1.807) is 0 Å². The van der Waals surface area contributed by atoms with Crippen molar-refractivity contribution in [1.29, 1.82) is 0 Å². The molecule has 1 radical (unpaired) electrons. The lowest BCUT2D eigenvalue weighted by Crippen LogP contribution is -1.98. The highest BCUT2D eigenvalue weighted by atomic mass is 31.2. The van der Waals surface area contributed by atoms with Gasteiger partial charge >= 0.3 is 0 Å². The summed E-state index contributed by atoms with van der Waals surface area (Å²) < 4.78 is 0. The van der Waals surface area contributed by atoms with E-state index in [-0.39, 0.29) is 0 Å². The standard InChI is InChI=1S/C8H20P/c1-5-7-9(3,4)8-6-2/h5-8H2,1-4H3. The van der Waals surface area contributed by atoms with Gasteiger partial charge in [-0.15, -0.1) is 7.26 Å². The summed E-state index contributed by atoms with van der Waals surface area (Å²) in [6, 6.07) is 0. The summed E-state index contributed by atoms with van der Waals surface area (Å²) in [7, 11) is -0.443. The van der Waals surface area contributed by atoms with Crippen molar-refractivity contribution < 1.29 is 0 Å². The van der Waals surface area contributed by atoms with Gasteiger partial charge in [-0.05, 0) is 25.7 Å². The zero-order valence-corrected chi connectivity index (χ0v) is 8.17. The van der Waals surface area contributed by atoms with Crippen molar-refractivity contribution in [3.8, 4) is 0 Å². The van der Waals surface area contributed by atoms with E-state index in [1.807, 2.05) is 0 Å². The molecule has 0 fully saturated rings. The second kappa shape index (κ2) is 4.28. The van der Waals surface area contributed by atoms with Crippen LogP contribution in [-0.2, 0) is 0 Å². The predicted octanol–water partition coefficient (Wildman–Crippen LogP) is 3.08. The Labute approximate surface area is 60.4 Å². The van der Waals surface area contributed by atoms with Crippen LogP contribution in [0.15, 0.2) is 0 Å². The smallest absolute Gasteiger partial charge is 0.0367 e. The molecule has 0 saturated heterocycles. The zero-order valence-electron chi connectivity index (χ0n) is 7.28. The molecule has 0 bridgehead atoms. The molecule has 0 aliphatic carbocycles. The topological polar surface area (TPSA) is 0 Å². The first-order chi connectivity index (χ1) is 4.12. The molecule has 0 aromatic heterocycles. The minimum atomic E-state index is -0.443. The number of rotatable bonds is 4. The number of hydrogen-bond acceptors (Lipinski definition) is 0. The van der Waals surface area contributed by atoms with Crippen LogP contribution in [0.3, 0.4) is 0 Å². The largest absolute Gasteiger partial charge is 0.131 e. The summed E-state index contributed by atoms with van der Waals surface area (Å²) in [4.78, 5) is 0. The molecule has 0 atom stereocenters. The van der Waals surface area contributed by atoms with E-state index in [0.29, 0.717) is 0 Å². The highest BCUT2D eigenvalue weighted by molar-refractivity contribution is 7.74. The molecule has 0 heterocycles. The molecular weight excluding hydrogens is 127 g/mol.